The summed E-state index contributed by atoms with van der Waals surface area (Å²) in [6, 6.07) is -1.04. The first-order valence-corrected chi connectivity index (χ1v) is 26.0. The molecule has 0 radical (unpaired) electrons. The van der Waals surface area contributed by atoms with E-state index in [0.717, 1.165) is 89.9 Å². The Bertz CT molecular complexity index is 1100. The number of rotatable bonds is 44. The number of imide groups is 2. The zero-order chi connectivity index (χ0) is 45.9. The van der Waals surface area contributed by atoms with Crippen molar-refractivity contribution in [3.8, 4) is 0 Å². The smallest absolute Gasteiger partial charge is 0.328 e. The first kappa shape index (κ1) is 59.0. The highest BCUT2D eigenvalue weighted by Crippen LogP contribution is 2.28. The van der Waals surface area contributed by atoms with Crippen molar-refractivity contribution in [3.63, 3.8) is 0 Å². The average Bonchev–Trinajstić information content (AvgIpc) is 3.23. The lowest BCUT2D eigenvalue weighted by molar-refractivity contribution is -0.142. The third-order valence-electron chi connectivity index (χ3n) is 12.5. The summed E-state index contributed by atoms with van der Waals surface area (Å²) < 4.78 is 0. The van der Waals surface area contributed by atoms with Gasteiger partial charge in [0.05, 0.1) is 24.7 Å². The maximum Gasteiger partial charge on any atom is 0.328 e. The first-order chi connectivity index (χ1) is 30.1. The number of hydrogen-bond donors (Lipinski definition) is 4. The van der Waals surface area contributed by atoms with Crippen LogP contribution in [0.5, 0.6) is 0 Å². The molecule has 0 saturated heterocycles. The number of unbranched alkanes of at least 4 members (excludes halogenated alkanes) is 28. The van der Waals surface area contributed by atoms with Gasteiger partial charge in [0.2, 0.25) is 11.8 Å². The Balaban J connectivity index is 5.89. The molecule has 4 unspecified atom stereocenters. The maximum atomic E-state index is 13.8. The number of carboxylic acids is 2. The molecule has 4 atom stereocenters. The molecule has 62 heavy (non-hydrogen) atoms. The number of aliphatic carboxylic acids is 2. The quantitative estimate of drug-likeness (QED) is 0.0352. The fraction of sp³-hybridized carbons (Fsp3) is 0.830. The van der Waals surface area contributed by atoms with Crippen LogP contribution in [0.15, 0.2) is 24.3 Å². The van der Waals surface area contributed by atoms with Crippen molar-refractivity contribution in [2.45, 2.75) is 259 Å². The van der Waals surface area contributed by atoms with Crippen LogP contribution in [-0.2, 0) is 19.2 Å². The SMILES string of the molecule is CCCCCCCCC/C=C\C(CCCCCCCCCC)C(CC(=O)O)C(=O)NC(=O)NC(=O)C(CC(=O)O)C(/C=C/CCCCCCCCC)CCCCCCCCCC. The lowest BCUT2D eigenvalue weighted by Crippen LogP contribution is -2.48. The highest BCUT2D eigenvalue weighted by Gasteiger charge is 2.33. The van der Waals surface area contributed by atoms with Crippen LogP contribution in [0.2, 0.25) is 0 Å². The van der Waals surface area contributed by atoms with Crippen LogP contribution >= 0.6 is 0 Å². The summed E-state index contributed by atoms with van der Waals surface area (Å²) in [6.45, 7) is 8.83. The van der Waals surface area contributed by atoms with Gasteiger partial charge in [0.15, 0.2) is 0 Å². The van der Waals surface area contributed by atoms with Crippen LogP contribution in [0, 0.1) is 23.7 Å². The minimum Gasteiger partial charge on any atom is -0.481 e. The van der Waals surface area contributed by atoms with Gasteiger partial charge in [-0.1, -0.05) is 232 Å². The predicted molar refractivity (Wildman–Crippen MR) is 258 cm³/mol. The summed E-state index contributed by atoms with van der Waals surface area (Å²) in [6.07, 6.45) is 44.7. The van der Waals surface area contributed by atoms with Crippen molar-refractivity contribution in [3.05, 3.63) is 24.3 Å². The summed E-state index contributed by atoms with van der Waals surface area (Å²) in [7, 11) is 0. The zero-order valence-electron chi connectivity index (χ0n) is 40.5. The van der Waals surface area contributed by atoms with Gasteiger partial charge in [-0.3, -0.25) is 29.8 Å². The Morgan fingerprint density at radius 3 is 0.919 bits per heavy atom. The van der Waals surface area contributed by atoms with Crippen LogP contribution in [0.1, 0.15) is 259 Å². The molecule has 0 rings (SSSR count). The number of allylic oxidation sites excluding steroid dienone is 4. The lowest BCUT2D eigenvalue weighted by Gasteiger charge is -2.24. The van der Waals surface area contributed by atoms with Crippen molar-refractivity contribution < 1.29 is 34.2 Å². The van der Waals surface area contributed by atoms with E-state index in [0.29, 0.717) is 12.8 Å². The number of carboxylic acid groups (broad SMARTS) is 2. The molecule has 0 heterocycles. The van der Waals surface area contributed by atoms with Crippen LogP contribution < -0.4 is 10.6 Å². The van der Waals surface area contributed by atoms with Gasteiger partial charge in [0.1, 0.15) is 0 Å². The van der Waals surface area contributed by atoms with Gasteiger partial charge in [-0.2, -0.15) is 0 Å². The Morgan fingerprint density at radius 1 is 0.387 bits per heavy atom. The second kappa shape index (κ2) is 43.3. The second-order valence-electron chi connectivity index (χ2n) is 18.2. The van der Waals surface area contributed by atoms with E-state index >= 15 is 0 Å². The summed E-state index contributed by atoms with van der Waals surface area (Å²) in [5.74, 6) is -6.48. The lowest BCUT2D eigenvalue weighted by atomic mass is 9.83. The van der Waals surface area contributed by atoms with Crippen LogP contribution in [0.25, 0.3) is 0 Å². The normalized spacial score (nSPS) is 13.6. The standard InChI is InChI=1S/C53H96N2O7/c1-5-9-13-17-21-25-29-33-37-41-45(39-35-31-27-23-19-15-11-7-3)47(43-49(56)57)51(60)54-53(62)55-52(61)48(44-50(58)59)46(40-36-32-28-24-20-16-12-8-4)42-38-34-30-26-22-18-14-10-6-2/h37-38,41-42,45-48H,5-36,39-40,43-44H2,1-4H3,(H,56,57)(H,58,59)(H2,54,55,60,61,62)/b41-37-,42-38+. The number of amides is 4. The number of urea groups is 1. The Morgan fingerprint density at radius 2 is 0.645 bits per heavy atom. The number of carbonyl (C=O) groups excluding carboxylic acids is 3. The van der Waals surface area contributed by atoms with E-state index in [1.807, 2.05) is 12.2 Å². The molecule has 9 nitrogen and oxygen atoms in total. The van der Waals surface area contributed by atoms with Crippen molar-refractivity contribution in [1.29, 1.82) is 0 Å². The van der Waals surface area contributed by atoms with Gasteiger partial charge in [-0.05, 0) is 50.4 Å². The third kappa shape index (κ3) is 35.5. The molecule has 4 amide bonds. The van der Waals surface area contributed by atoms with E-state index in [1.165, 1.54) is 116 Å². The number of nitrogens with one attached hydrogen (secondary N) is 2. The highest BCUT2D eigenvalue weighted by molar-refractivity contribution is 6.04. The van der Waals surface area contributed by atoms with E-state index in [1.54, 1.807) is 0 Å². The molecule has 0 aliphatic rings. The minimum atomic E-state index is -1.13. The highest BCUT2D eigenvalue weighted by atomic mass is 16.4. The molecule has 0 spiro atoms. The zero-order valence-corrected chi connectivity index (χ0v) is 40.5. The maximum absolute atomic E-state index is 13.8. The van der Waals surface area contributed by atoms with E-state index in [4.69, 9.17) is 0 Å². The molecule has 0 fully saturated rings. The second-order valence-corrected chi connectivity index (χ2v) is 18.2. The molecular formula is C53H96N2O7. The minimum absolute atomic E-state index is 0.378. The van der Waals surface area contributed by atoms with Crippen LogP contribution in [0.3, 0.4) is 0 Å². The largest absolute Gasteiger partial charge is 0.481 e. The summed E-state index contributed by atoms with van der Waals surface area (Å²) >= 11 is 0. The summed E-state index contributed by atoms with van der Waals surface area (Å²) in [4.78, 5) is 65.2. The molecule has 9 heteroatoms. The molecule has 0 aliphatic carbocycles. The molecule has 0 aliphatic heterocycles. The van der Waals surface area contributed by atoms with Gasteiger partial charge < -0.3 is 10.2 Å². The van der Waals surface area contributed by atoms with Crippen molar-refractivity contribution >= 4 is 29.8 Å². The molecule has 0 bridgehead atoms. The number of hydrogen-bond acceptors (Lipinski definition) is 5. The Labute approximate surface area is 380 Å². The van der Waals surface area contributed by atoms with Gasteiger partial charge in [-0.25, -0.2) is 4.79 Å². The predicted octanol–water partition coefficient (Wildman–Crippen LogP) is 15.2. The van der Waals surface area contributed by atoms with E-state index in [2.05, 4.69) is 50.5 Å². The third-order valence-corrected chi connectivity index (χ3v) is 12.5. The first-order valence-electron chi connectivity index (χ1n) is 26.0. The molecule has 0 saturated carbocycles. The average molecular weight is 873 g/mol. The molecule has 0 aromatic heterocycles. The van der Waals surface area contributed by atoms with E-state index in [-0.39, 0.29) is 11.8 Å². The topological polar surface area (TPSA) is 150 Å². The van der Waals surface area contributed by atoms with Gasteiger partial charge >= 0.3 is 18.0 Å². The Kier molecular flexibility index (Phi) is 41.2. The monoisotopic (exact) mass is 873 g/mol. The summed E-state index contributed by atoms with van der Waals surface area (Å²) in [5, 5.41) is 24.4. The fourth-order valence-electron chi connectivity index (χ4n) is 8.57. The molecule has 0 aromatic carbocycles. The van der Waals surface area contributed by atoms with Crippen LogP contribution in [0.4, 0.5) is 4.79 Å². The van der Waals surface area contributed by atoms with Gasteiger partial charge in [0, 0.05) is 0 Å². The van der Waals surface area contributed by atoms with Gasteiger partial charge in [0.25, 0.3) is 0 Å². The molecule has 4 N–H and O–H groups in total. The molecule has 360 valence electrons. The van der Waals surface area contributed by atoms with Crippen molar-refractivity contribution in [2.75, 3.05) is 0 Å². The summed E-state index contributed by atoms with van der Waals surface area (Å²) in [5.41, 5.74) is 0. The van der Waals surface area contributed by atoms with Gasteiger partial charge in [-0.15, -0.1) is 0 Å². The van der Waals surface area contributed by atoms with Crippen molar-refractivity contribution in [1.82, 2.24) is 10.6 Å². The molecule has 0 aromatic rings. The van der Waals surface area contributed by atoms with Crippen LogP contribution in [-0.4, -0.2) is 40.0 Å². The van der Waals surface area contributed by atoms with Crippen molar-refractivity contribution in [2.24, 2.45) is 23.7 Å². The number of carbonyl (C=O) groups is 5. The molecular weight excluding hydrogens is 777 g/mol. The fourth-order valence-corrected chi connectivity index (χ4v) is 8.57. The van der Waals surface area contributed by atoms with E-state index in [9.17, 15) is 34.2 Å². The Hall–Kier alpha value is -2.97. The van der Waals surface area contributed by atoms with E-state index < -0.39 is 54.5 Å².